The molecular weight excluding hydrogens is 428 g/mol. The van der Waals surface area contributed by atoms with Crippen LogP contribution in [0.15, 0.2) is 11.1 Å². The zero-order valence-electron chi connectivity index (χ0n) is 11.0. The van der Waals surface area contributed by atoms with Crippen molar-refractivity contribution in [2.45, 2.75) is 36.6 Å². The normalized spacial score (nSPS) is 15.1. The quantitative estimate of drug-likeness (QED) is 0.427. The zero-order valence-corrected chi connectivity index (χ0v) is 11.0. The van der Waals surface area contributed by atoms with E-state index in [1.807, 2.05) is 0 Å². The van der Waals surface area contributed by atoms with Crippen LogP contribution in [0.5, 0.6) is 0 Å². The maximum absolute atomic E-state index is 13.5. The van der Waals surface area contributed by atoms with Crippen molar-refractivity contribution < 1.29 is 75.0 Å². The molecule has 0 aliphatic rings. The first kappa shape index (κ1) is 24.3. The van der Waals surface area contributed by atoms with E-state index in [0.717, 1.165) is 0 Å². The second-order valence-corrected chi connectivity index (χ2v) is 4.23. The van der Waals surface area contributed by atoms with Crippen LogP contribution in [0.2, 0.25) is 0 Å². The molecule has 1 nitrogen and oxygen atoms in total. The van der Waals surface area contributed by atoms with Crippen LogP contribution in [0, 0.1) is 0 Å². The van der Waals surface area contributed by atoms with Crippen molar-refractivity contribution in [3.63, 3.8) is 0 Å². The zero-order chi connectivity index (χ0) is 21.7. The van der Waals surface area contributed by atoms with Crippen LogP contribution in [0.3, 0.4) is 0 Å². The van der Waals surface area contributed by atoms with Gasteiger partial charge in [0.1, 0.15) is 5.57 Å². The summed E-state index contributed by atoms with van der Waals surface area (Å²) in [5, 5.41) is 0. The van der Waals surface area contributed by atoms with Gasteiger partial charge >= 0.3 is 36.6 Å². The molecule has 0 unspecified atom stereocenters. The fraction of sp³-hybridized carbons (Fsp3) is 0.667. The molecule has 0 aromatic rings. The summed E-state index contributed by atoms with van der Waals surface area (Å²) in [5.74, 6) is -4.96. The SMILES string of the molecule is O=C(C(=C(C(F)(F)F)C(F)(F)F)C(F)(C(F)(F)F)C(F)(F)F)C(F)(F)F. The second kappa shape index (κ2) is 6.17. The van der Waals surface area contributed by atoms with Gasteiger partial charge in [-0.05, 0) is 0 Å². The van der Waals surface area contributed by atoms with Crippen molar-refractivity contribution in [2.75, 3.05) is 0 Å². The maximum Gasteiger partial charge on any atom is 0.454 e. The summed E-state index contributed by atoms with van der Waals surface area (Å²) >= 11 is 0. The van der Waals surface area contributed by atoms with E-state index in [0.29, 0.717) is 0 Å². The molecule has 0 heterocycles. The molecule has 26 heavy (non-hydrogen) atoms. The van der Waals surface area contributed by atoms with E-state index in [4.69, 9.17) is 0 Å². The molecule has 0 saturated heterocycles. The van der Waals surface area contributed by atoms with Gasteiger partial charge in [-0.25, -0.2) is 4.39 Å². The number of hydrogen-bond donors (Lipinski definition) is 0. The van der Waals surface area contributed by atoms with Crippen LogP contribution in [0.4, 0.5) is 70.2 Å². The molecule has 0 rings (SSSR count). The van der Waals surface area contributed by atoms with Gasteiger partial charge in [-0.3, -0.25) is 4.79 Å². The van der Waals surface area contributed by atoms with Crippen molar-refractivity contribution in [2.24, 2.45) is 0 Å². The highest BCUT2D eigenvalue weighted by Gasteiger charge is 2.79. The minimum absolute atomic E-state index is 4.96. The number of ketones is 1. The van der Waals surface area contributed by atoms with Crippen molar-refractivity contribution in [3.05, 3.63) is 11.1 Å². The highest BCUT2D eigenvalue weighted by atomic mass is 19.4. The van der Waals surface area contributed by atoms with E-state index in [1.165, 1.54) is 0 Å². The van der Waals surface area contributed by atoms with E-state index >= 15 is 0 Å². The van der Waals surface area contributed by atoms with Gasteiger partial charge in [0.15, 0.2) is 0 Å². The molecule has 0 fully saturated rings. The van der Waals surface area contributed by atoms with Gasteiger partial charge in [0.2, 0.25) is 0 Å². The van der Waals surface area contributed by atoms with E-state index < -0.39 is 53.5 Å². The van der Waals surface area contributed by atoms with E-state index in [-0.39, 0.29) is 0 Å². The van der Waals surface area contributed by atoms with E-state index in [9.17, 15) is 75.0 Å². The molecule has 0 aromatic heterocycles. The monoisotopic (exact) mass is 428 g/mol. The minimum atomic E-state index is -7.92. The third-order valence-electron chi connectivity index (χ3n) is 2.43. The summed E-state index contributed by atoms with van der Waals surface area (Å²) in [6.07, 6.45) is -37.7. The number of rotatable bonds is 2. The lowest BCUT2D eigenvalue weighted by molar-refractivity contribution is -0.328. The smallest absolute Gasteiger partial charge is 0.284 e. The summed E-state index contributed by atoms with van der Waals surface area (Å²) in [4.78, 5) is 10.6. The van der Waals surface area contributed by atoms with Crippen LogP contribution in [0.1, 0.15) is 0 Å². The van der Waals surface area contributed by atoms with Crippen LogP contribution >= 0.6 is 0 Å². The number of Topliss-reactive ketones (excluding diaryl/α,β-unsaturated/α-hetero) is 1. The van der Waals surface area contributed by atoms with Crippen molar-refractivity contribution in [1.82, 2.24) is 0 Å². The topological polar surface area (TPSA) is 17.1 Å². The van der Waals surface area contributed by atoms with Gasteiger partial charge in [-0.2, -0.15) is 65.9 Å². The Labute approximate surface area is 130 Å². The Balaban J connectivity index is 7.67. The van der Waals surface area contributed by atoms with Gasteiger partial charge in [0.25, 0.3) is 5.78 Å². The van der Waals surface area contributed by atoms with Gasteiger partial charge in [-0.15, -0.1) is 0 Å². The summed E-state index contributed by atoms with van der Waals surface area (Å²) < 4.78 is 198. The number of carbonyl (C=O) groups is 1. The summed E-state index contributed by atoms with van der Waals surface area (Å²) in [7, 11) is 0. The largest absolute Gasteiger partial charge is 0.454 e. The highest BCUT2D eigenvalue weighted by Crippen LogP contribution is 2.56. The lowest BCUT2D eigenvalue weighted by Gasteiger charge is -2.34. The molecule has 0 saturated carbocycles. The van der Waals surface area contributed by atoms with Crippen molar-refractivity contribution in [3.8, 4) is 0 Å². The summed E-state index contributed by atoms with van der Waals surface area (Å²) in [5.41, 5.74) is -18.4. The Morgan fingerprint density at radius 1 is 0.462 bits per heavy atom. The lowest BCUT2D eigenvalue weighted by Crippen LogP contribution is -2.59. The van der Waals surface area contributed by atoms with Crippen LogP contribution in [-0.2, 0) is 4.79 Å². The Hall–Kier alpha value is -1.71. The molecule has 154 valence electrons. The maximum atomic E-state index is 13.5. The van der Waals surface area contributed by atoms with E-state index in [1.54, 1.807) is 0 Å². The average Bonchev–Trinajstić information content (AvgIpc) is 2.26. The fourth-order valence-corrected chi connectivity index (χ4v) is 1.47. The lowest BCUT2D eigenvalue weighted by atomic mass is 9.85. The molecular formula is C9F16O. The Kier molecular flexibility index (Phi) is 5.77. The Morgan fingerprint density at radius 2 is 0.731 bits per heavy atom. The standard InChI is InChI=1S/C9F16O/c10-4(8(20,21)22,9(23,24)25)1(3(26)7(17,18)19)2(5(11,12)13)6(14,15)16. The molecule has 0 bridgehead atoms. The molecule has 0 aliphatic carbocycles. The van der Waals surface area contributed by atoms with Crippen LogP contribution in [0.25, 0.3) is 0 Å². The van der Waals surface area contributed by atoms with Crippen LogP contribution < -0.4 is 0 Å². The molecule has 0 aliphatic heterocycles. The van der Waals surface area contributed by atoms with Gasteiger partial charge in [0, 0.05) is 0 Å². The number of hydrogen-bond acceptors (Lipinski definition) is 1. The van der Waals surface area contributed by atoms with Gasteiger partial charge < -0.3 is 0 Å². The molecule has 0 spiro atoms. The van der Waals surface area contributed by atoms with Gasteiger partial charge in [-0.1, -0.05) is 0 Å². The molecule has 0 N–H and O–H groups in total. The third kappa shape index (κ3) is 4.33. The highest BCUT2D eigenvalue weighted by molar-refractivity contribution is 6.02. The first-order valence-electron chi connectivity index (χ1n) is 5.23. The number of allylic oxidation sites excluding steroid dienone is 2. The number of carbonyl (C=O) groups excluding carboxylic acids is 1. The van der Waals surface area contributed by atoms with Crippen molar-refractivity contribution in [1.29, 1.82) is 0 Å². The number of halogens is 16. The molecule has 0 atom stereocenters. The first-order valence-corrected chi connectivity index (χ1v) is 5.23. The average molecular weight is 428 g/mol. The predicted octanol–water partition coefficient (Wildman–Crippen LogP) is 5.37. The Morgan fingerprint density at radius 3 is 0.885 bits per heavy atom. The predicted molar refractivity (Wildman–Crippen MR) is 46.1 cm³/mol. The Bertz CT molecular complexity index is 545. The second-order valence-electron chi connectivity index (χ2n) is 4.23. The molecule has 0 radical (unpaired) electrons. The summed E-state index contributed by atoms with van der Waals surface area (Å²) in [6.45, 7) is 0. The van der Waals surface area contributed by atoms with Gasteiger partial charge in [0.05, 0.1) is 5.57 Å². The minimum Gasteiger partial charge on any atom is -0.284 e. The van der Waals surface area contributed by atoms with Crippen LogP contribution in [-0.4, -0.2) is 42.3 Å². The third-order valence-corrected chi connectivity index (χ3v) is 2.43. The number of alkyl halides is 16. The molecule has 0 amide bonds. The van der Waals surface area contributed by atoms with E-state index in [2.05, 4.69) is 0 Å². The molecule has 17 heteroatoms. The van der Waals surface area contributed by atoms with Crippen molar-refractivity contribution >= 4 is 5.78 Å². The molecule has 0 aromatic carbocycles. The fourth-order valence-electron chi connectivity index (χ4n) is 1.47. The first-order chi connectivity index (χ1) is 10.9. The summed E-state index contributed by atoms with van der Waals surface area (Å²) in [6, 6.07) is 0.